The van der Waals surface area contributed by atoms with E-state index in [1.165, 1.54) is 0 Å². The SMILES string of the molecule is C=CCN1C(=O)OC[C@@H]1C=C. The Morgan fingerprint density at radius 1 is 1.73 bits per heavy atom. The number of carbonyl (C=O) groups is 1. The van der Waals surface area contributed by atoms with Crippen LogP contribution in [0.15, 0.2) is 25.3 Å². The van der Waals surface area contributed by atoms with Crippen LogP contribution in [0.25, 0.3) is 0 Å². The molecule has 60 valence electrons. The van der Waals surface area contributed by atoms with Gasteiger partial charge in [0.2, 0.25) is 0 Å². The number of nitrogens with zero attached hydrogens (tertiary/aromatic N) is 1. The topological polar surface area (TPSA) is 29.5 Å². The Balaban J connectivity index is 2.62. The Morgan fingerprint density at radius 3 is 3.00 bits per heavy atom. The summed E-state index contributed by atoms with van der Waals surface area (Å²) in [5.41, 5.74) is 0. The zero-order chi connectivity index (χ0) is 8.27. The van der Waals surface area contributed by atoms with Crippen molar-refractivity contribution in [1.82, 2.24) is 4.90 Å². The van der Waals surface area contributed by atoms with Crippen LogP contribution in [-0.2, 0) is 4.74 Å². The molecule has 0 bridgehead atoms. The Bertz CT molecular complexity index is 189. The van der Waals surface area contributed by atoms with Crippen molar-refractivity contribution in [2.75, 3.05) is 13.2 Å². The smallest absolute Gasteiger partial charge is 0.410 e. The molecule has 0 aliphatic carbocycles. The largest absolute Gasteiger partial charge is 0.447 e. The number of carbonyl (C=O) groups excluding carboxylic acids is 1. The lowest BCUT2D eigenvalue weighted by Gasteiger charge is -2.15. The van der Waals surface area contributed by atoms with E-state index in [1.54, 1.807) is 17.1 Å². The van der Waals surface area contributed by atoms with Gasteiger partial charge in [0.15, 0.2) is 0 Å². The van der Waals surface area contributed by atoms with Gasteiger partial charge in [-0.15, -0.1) is 13.2 Å². The van der Waals surface area contributed by atoms with Crippen molar-refractivity contribution >= 4 is 6.09 Å². The van der Waals surface area contributed by atoms with Crippen LogP contribution in [0.1, 0.15) is 0 Å². The molecule has 1 saturated heterocycles. The Hall–Kier alpha value is -1.25. The predicted octanol–water partition coefficient (Wildman–Crippen LogP) is 1.18. The van der Waals surface area contributed by atoms with E-state index >= 15 is 0 Å². The summed E-state index contributed by atoms with van der Waals surface area (Å²) < 4.78 is 4.79. The molecular formula is C8H11NO2. The van der Waals surface area contributed by atoms with Gasteiger partial charge in [-0.1, -0.05) is 12.2 Å². The minimum atomic E-state index is -0.283. The predicted molar refractivity (Wildman–Crippen MR) is 42.2 cm³/mol. The van der Waals surface area contributed by atoms with E-state index in [4.69, 9.17) is 4.74 Å². The summed E-state index contributed by atoms with van der Waals surface area (Å²) in [6.45, 7) is 8.08. The molecular weight excluding hydrogens is 142 g/mol. The molecule has 0 spiro atoms. The van der Waals surface area contributed by atoms with Crippen LogP contribution < -0.4 is 0 Å². The van der Waals surface area contributed by atoms with Gasteiger partial charge < -0.3 is 4.74 Å². The second kappa shape index (κ2) is 3.23. The normalized spacial score (nSPS) is 23.1. The Labute approximate surface area is 65.9 Å². The van der Waals surface area contributed by atoms with Gasteiger partial charge in [-0.2, -0.15) is 0 Å². The van der Waals surface area contributed by atoms with Crippen LogP contribution in [0, 0.1) is 0 Å². The van der Waals surface area contributed by atoms with Crippen molar-refractivity contribution < 1.29 is 9.53 Å². The molecule has 3 nitrogen and oxygen atoms in total. The van der Waals surface area contributed by atoms with Crippen LogP contribution in [0.3, 0.4) is 0 Å². The maximum atomic E-state index is 10.9. The van der Waals surface area contributed by atoms with Gasteiger partial charge in [0.25, 0.3) is 0 Å². The molecule has 1 heterocycles. The van der Waals surface area contributed by atoms with Crippen LogP contribution >= 0.6 is 0 Å². The summed E-state index contributed by atoms with van der Waals surface area (Å²) >= 11 is 0. The maximum absolute atomic E-state index is 10.9. The van der Waals surface area contributed by atoms with Crippen LogP contribution in [0.4, 0.5) is 4.79 Å². The second-order valence-corrected chi connectivity index (χ2v) is 2.32. The van der Waals surface area contributed by atoms with E-state index in [0.29, 0.717) is 13.2 Å². The molecule has 1 amide bonds. The van der Waals surface area contributed by atoms with Crippen LogP contribution in [0.5, 0.6) is 0 Å². The van der Waals surface area contributed by atoms with Gasteiger partial charge in [0.05, 0.1) is 6.04 Å². The molecule has 0 aromatic rings. The molecule has 0 aromatic carbocycles. The number of cyclic esters (lactones) is 1. The molecule has 0 saturated carbocycles. The standard InChI is InChI=1S/C8H11NO2/c1-3-5-9-7(4-2)6-11-8(9)10/h3-4,7H,1-2,5-6H2/t7-/m0/s1. The number of hydrogen-bond donors (Lipinski definition) is 0. The summed E-state index contributed by atoms with van der Waals surface area (Å²) in [6.07, 6.45) is 3.09. The molecule has 1 aliphatic rings. The zero-order valence-electron chi connectivity index (χ0n) is 6.32. The fourth-order valence-electron chi connectivity index (χ4n) is 1.01. The van der Waals surface area contributed by atoms with Gasteiger partial charge in [-0.3, -0.25) is 4.90 Å². The van der Waals surface area contributed by atoms with Crippen molar-refractivity contribution in [3.63, 3.8) is 0 Å². The molecule has 3 heteroatoms. The van der Waals surface area contributed by atoms with Crippen molar-refractivity contribution in [3.05, 3.63) is 25.3 Å². The van der Waals surface area contributed by atoms with Crippen molar-refractivity contribution in [2.45, 2.75) is 6.04 Å². The van der Waals surface area contributed by atoms with Crippen molar-refractivity contribution in [2.24, 2.45) is 0 Å². The fourth-order valence-corrected chi connectivity index (χ4v) is 1.01. The van der Waals surface area contributed by atoms with Gasteiger partial charge in [0, 0.05) is 6.54 Å². The molecule has 1 aliphatic heterocycles. The molecule has 1 atom stereocenters. The minimum absolute atomic E-state index is 0.0144. The third kappa shape index (κ3) is 1.42. The number of hydrogen-bond acceptors (Lipinski definition) is 2. The molecule has 0 radical (unpaired) electrons. The van der Waals surface area contributed by atoms with E-state index < -0.39 is 0 Å². The summed E-state index contributed by atoms with van der Waals surface area (Å²) in [5, 5.41) is 0. The quantitative estimate of drug-likeness (QED) is 0.570. The highest BCUT2D eigenvalue weighted by molar-refractivity contribution is 5.70. The highest BCUT2D eigenvalue weighted by Crippen LogP contribution is 2.11. The first kappa shape index (κ1) is 7.85. The van der Waals surface area contributed by atoms with Crippen LogP contribution in [0.2, 0.25) is 0 Å². The third-order valence-electron chi connectivity index (χ3n) is 1.61. The second-order valence-electron chi connectivity index (χ2n) is 2.32. The van der Waals surface area contributed by atoms with Crippen molar-refractivity contribution in [1.29, 1.82) is 0 Å². The van der Waals surface area contributed by atoms with Gasteiger partial charge >= 0.3 is 6.09 Å². The molecule has 1 rings (SSSR count). The lowest BCUT2D eigenvalue weighted by Crippen LogP contribution is -2.31. The average Bonchev–Trinajstić information content (AvgIpc) is 2.34. The van der Waals surface area contributed by atoms with E-state index in [-0.39, 0.29) is 12.1 Å². The summed E-state index contributed by atoms with van der Waals surface area (Å²) in [6, 6.07) is 0.0144. The molecule has 0 N–H and O–H groups in total. The first-order valence-corrected chi connectivity index (χ1v) is 3.46. The number of ether oxygens (including phenoxy) is 1. The highest BCUT2D eigenvalue weighted by Gasteiger charge is 2.29. The van der Waals surface area contributed by atoms with Crippen LogP contribution in [-0.4, -0.2) is 30.2 Å². The highest BCUT2D eigenvalue weighted by atomic mass is 16.6. The maximum Gasteiger partial charge on any atom is 0.410 e. The first-order valence-electron chi connectivity index (χ1n) is 3.46. The van der Waals surface area contributed by atoms with E-state index in [0.717, 1.165) is 0 Å². The van der Waals surface area contributed by atoms with Crippen molar-refractivity contribution in [3.8, 4) is 0 Å². The lowest BCUT2D eigenvalue weighted by atomic mass is 10.3. The lowest BCUT2D eigenvalue weighted by molar-refractivity contribution is 0.160. The van der Waals surface area contributed by atoms with E-state index in [1.807, 2.05) is 0 Å². The van der Waals surface area contributed by atoms with Gasteiger partial charge in [0.1, 0.15) is 6.61 Å². The Morgan fingerprint density at radius 2 is 2.45 bits per heavy atom. The summed E-state index contributed by atoms with van der Waals surface area (Å²) in [4.78, 5) is 12.5. The first-order chi connectivity index (χ1) is 5.29. The van der Waals surface area contributed by atoms with E-state index in [9.17, 15) is 4.79 Å². The molecule has 0 aromatic heterocycles. The van der Waals surface area contributed by atoms with E-state index in [2.05, 4.69) is 13.2 Å². The number of rotatable bonds is 3. The molecule has 0 unspecified atom stereocenters. The molecule has 11 heavy (non-hydrogen) atoms. The Kier molecular flexibility index (Phi) is 2.31. The minimum Gasteiger partial charge on any atom is -0.447 e. The van der Waals surface area contributed by atoms with Gasteiger partial charge in [-0.25, -0.2) is 4.79 Å². The van der Waals surface area contributed by atoms with Gasteiger partial charge in [-0.05, 0) is 0 Å². The fraction of sp³-hybridized carbons (Fsp3) is 0.375. The average molecular weight is 153 g/mol. The zero-order valence-corrected chi connectivity index (χ0v) is 6.32. The number of amides is 1. The third-order valence-corrected chi connectivity index (χ3v) is 1.61. The summed E-state index contributed by atoms with van der Waals surface area (Å²) in [7, 11) is 0. The molecule has 1 fully saturated rings. The summed E-state index contributed by atoms with van der Waals surface area (Å²) in [5.74, 6) is 0. The monoisotopic (exact) mass is 153 g/mol.